The second-order valence-corrected chi connectivity index (χ2v) is 4.45. The van der Waals surface area contributed by atoms with Crippen LogP contribution in [0.2, 0.25) is 0 Å². The van der Waals surface area contributed by atoms with E-state index < -0.39 is 5.97 Å². The molecule has 0 saturated carbocycles. The monoisotopic (exact) mass is 335 g/mol. The van der Waals surface area contributed by atoms with Gasteiger partial charge < -0.3 is 5.11 Å². The quantitative estimate of drug-likeness (QED) is 0.726. The average Bonchev–Trinajstić information content (AvgIpc) is 2.55. The molecule has 113 valence electrons. The normalized spacial score (nSPS) is 9.09. The standard InChI is InChI=1S/C11H8O2.C8H8.Co/c12-11(13)10-7-3-5-8-4-1-2-6-9(8)10;1-2-8-6-4-3-5-7-8;/h1-7H,(H,12,13);2-7H,1H2;. The predicted molar refractivity (Wildman–Crippen MR) is 87.4 cm³/mol. The molecule has 0 spiro atoms. The Morgan fingerprint density at radius 3 is 2.05 bits per heavy atom. The zero-order valence-corrected chi connectivity index (χ0v) is 12.9. The van der Waals surface area contributed by atoms with Gasteiger partial charge in [-0.05, 0) is 22.4 Å². The smallest absolute Gasteiger partial charge is 0.336 e. The molecule has 3 rings (SSSR count). The third-order valence-corrected chi connectivity index (χ3v) is 3.06. The largest absolute Gasteiger partial charge is 0.478 e. The topological polar surface area (TPSA) is 37.3 Å². The number of hydrogen-bond donors (Lipinski definition) is 1. The van der Waals surface area contributed by atoms with Crippen LogP contribution in [0.25, 0.3) is 16.8 Å². The molecular weight excluding hydrogens is 319 g/mol. The second-order valence-electron chi connectivity index (χ2n) is 4.45. The molecule has 0 aliphatic heterocycles. The summed E-state index contributed by atoms with van der Waals surface area (Å²) in [5, 5.41) is 10.6. The van der Waals surface area contributed by atoms with E-state index in [-0.39, 0.29) is 16.8 Å². The van der Waals surface area contributed by atoms with Crippen LogP contribution in [0, 0.1) is 0 Å². The Balaban J connectivity index is 0.000000234. The Bertz CT molecular complexity index is 746. The maximum atomic E-state index is 10.8. The van der Waals surface area contributed by atoms with E-state index in [4.69, 9.17) is 5.11 Å². The SMILES string of the molecule is C=Cc1ccccc1.O=C(O)c1cccc2ccccc12.[Co]. The molecular formula is C19H16CoO2. The summed E-state index contributed by atoms with van der Waals surface area (Å²) in [6.07, 6.45) is 1.83. The summed E-state index contributed by atoms with van der Waals surface area (Å²) in [4.78, 5) is 10.8. The van der Waals surface area contributed by atoms with Gasteiger partial charge in [-0.3, -0.25) is 0 Å². The van der Waals surface area contributed by atoms with Crippen LogP contribution >= 0.6 is 0 Å². The Hall–Kier alpha value is -2.36. The van der Waals surface area contributed by atoms with Gasteiger partial charge in [0, 0.05) is 16.8 Å². The summed E-state index contributed by atoms with van der Waals surface area (Å²) in [5.74, 6) is -0.878. The van der Waals surface area contributed by atoms with Gasteiger partial charge in [0.1, 0.15) is 0 Å². The molecule has 0 amide bonds. The molecule has 0 aromatic heterocycles. The molecule has 1 radical (unpaired) electrons. The van der Waals surface area contributed by atoms with E-state index >= 15 is 0 Å². The van der Waals surface area contributed by atoms with Gasteiger partial charge in [0.05, 0.1) is 5.56 Å². The maximum Gasteiger partial charge on any atom is 0.336 e. The maximum absolute atomic E-state index is 10.8. The molecule has 2 nitrogen and oxygen atoms in total. The molecule has 0 heterocycles. The fourth-order valence-corrected chi connectivity index (χ4v) is 2.00. The molecule has 3 heteroatoms. The number of carboxylic acids is 1. The van der Waals surface area contributed by atoms with Crippen molar-refractivity contribution in [2.75, 3.05) is 0 Å². The van der Waals surface area contributed by atoms with Crippen molar-refractivity contribution < 1.29 is 26.7 Å². The number of hydrogen-bond acceptors (Lipinski definition) is 1. The number of rotatable bonds is 2. The van der Waals surface area contributed by atoms with Gasteiger partial charge in [-0.15, -0.1) is 0 Å². The molecule has 0 bridgehead atoms. The molecule has 3 aromatic carbocycles. The summed E-state index contributed by atoms with van der Waals surface area (Å²) in [6.45, 7) is 3.63. The van der Waals surface area contributed by atoms with E-state index in [0.717, 1.165) is 10.8 Å². The van der Waals surface area contributed by atoms with Crippen molar-refractivity contribution in [1.82, 2.24) is 0 Å². The third kappa shape index (κ3) is 4.58. The first-order valence-corrected chi connectivity index (χ1v) is 6.61. The number of fused-ring (bicyclic) bond motifs is 1. The van der Waals surface area contributed by atoms with Gasteiger partial charge in [-0.1, -0.05) is 79.4 Å². The van der Waals surface area contributed by atoms with Crippen LogP contribution in [0.15, 0.2) is 79.4 Å². The van der Waals surface area contributed by atoms with Gasteiger partial charge in [-0.2, -0.15) is 0 Å². The average molecular weight is 335 g/mol. The van der Waals surface area contributed by atoms with Crippen LogP contribution in [-0.2, 0) is 16.8 Å². The second kappa shape index (κ2) is 8.82. The van der Waals surface area contributed by atoms with Crippen molar-refractivity contribution in [3.63, 3.8) is 0 Å². The molecule has 0 aliphatic carbocycles. The van der Waals surface area contributed by atoms with Crippen molar-refractivity contribution in [2.45, 2.75) is 0 Å². The Morgan fingerprint density at radius 2 is 1.45 bits per heavy atom. The van der Waals surface area contributed by atoms with E-state index in [0.29, 0.717) is 5.56 Å². The minimum Gasteiger partial charge on any atom is -0.478 e. The van der Waals surface area contributed by atoms with Crippen molar-refractivity contribution in [3.05, 3.63) is 90.5 Å². The predicted octanol–water partition coefficient (Wildman–Crippen LogP) is 4.87. The minimum atomic E-state index is -0.878. The molecule has 0 aliphatic rings. The molecule has 1 N–H and O–H groups in total. The summed E-state index contributed by atoms with van der Waals surface area (Å²) in [6, 6.07) is 22.8. The third-order valence-electron chi connectivity index (χ3n) is 3.06. The van der Waals surface area contributed by atoms with Crippen LogP contribution < -0.4 is 0 Å². The number of carbonyl (C=O) groups is 1. The minimum absolute atomic E-state index is 0. The van der Waals surface area contributed by atoms with Gasteiger partial charge >= 0.3 is 5.97 Å². The van der Waals surface area contributed by atoms with Gasteiger partial charge in [0.2, 0.25) is 0 Å². The van der Waals surface area contributed by atoms with Crippen LogP contribution in [0.4, 0.5) is 0 Å². The van der Waals surface area contributed by atoms with E-state index in [1.54, 1.807) is 12.1 Å². The summed E-state index contributed by atoms with van der Waals surface area (Å²) in [7, 11) is 0. The van der Waals surface area contributed by atoms with Crippen molar-refractivity contribution in [2.24, 2.45) is 0 Å². The van der Waals surface area contributed by atoms with Crippen molar-refractivity contribution >= 4 is 22.8 Å². The molecule has 0 atom stereocenters. The number of benzene rings is 3. The fourth-order valence-electron chi connectivity index (χ4n) is 2.00. The van der Waals surface area contributed by atoms with E-state index in [9.17, 15) is 4.79 Å². The summed E-state index contributed by atoms with van der Waals surface area (Å²) < 4.78 is 0. The molecule has 0 fully saturated rings. The molecule has 0 unspecified atom stereocenters. The number of carboxylic acid groups (broad SMARTS) is 1. The summed E-state index contributed by atoms with van der Waals surface area (Å²) >= 11 is 0. The molecule has 3 aromatic rings. The van der Waals surface area contributed by atoms with Gasteiger partial charge in [0.25, 0.3) is 0 Å². The van der Waals surface area contributed by atoms with E-state index in [1.165, 1.54) is 5.56 Å². The molecule has 0 saturated heterocycles. The fraction of sp³-hybridized carbons (Fsp3) is 0. The number of aromatic carboxylic acids is 1. The Morgan fingerprint density at radius 1 is 0.864 bits per heavy atom. The zero-order chi connectivity index (χ0) is 15.1. The van der Waals surface area contributed by atoms with E-state index in [2.05, 4.69) is 6.58 Å². The van der Waals surface area contributed by atoms with E-state index in [1.807, 2.05) is 66.7 Å². The van der Waals surface area contributed by atoms with Gasteiger partial charge in [-0.25, -0.2) is 4.79 Å². The zero-order valence-electron chi connectivity index (χ0n) is 11.9. The van der Waals surface area contributed by atoms with Crippen LogP contribution in [-0.4, -0.2) is 11.1 Å². The van der Waals surface area contributed by atoms with Crippen LogP contribution in [0.5, 0.6) is 0 Å². The first kappa shape index (κ1) is 17.7. The summed E-state index contributed by atoms with van der Waals surface area (Å²) in [5.41, 5.74) is 1.53. The Kier molecular flexibility index (Phi) is 7.09. The van der Waals surface area contributed by atoms with Crippen molar-refractivity contribution in [3.8, 4) is 0 Å². The van der Waals surface area contributed by atoms with Gasteiger partial charge in [0.15, 0.2) is 0 Å². The first-order valence-electron chi connectivity index (χ1n) is 6.61. The van der Waals surface area contributed by atoms with Crippen LogP contribution in [0.3, 0.4) is 0 Å². The molecule has 22 heavy (non-hydrogen) atoms. The Labute approximate surface area is 140 Å². The van der Waals surface area contributed by atoms with Crippen molar-refractivity contribution in [1.29, 1.82) is 0 Å². The van der Waals surface area contributed by atoms with Crippen LogP contribution in [0.1, 0.15) is 15.9 Å². The first-order chi connectivity index (χ1) is 10.2.